The monoisotopic (exact) mass is 408 g/mol. The Morgan fingerprint density at radius 1 is 0.929 bits per heavy atom. The predicted octanol–water partition coefficient (Wildman–Crippen LogP) is 6.45. The SMILES string of the molecule is CC(C)(C)c1csc(Nc2ccc(CCNc3nc4ccccc4s3)cc2)n1. The largest absolute Gasteiger partial charge is 0.361 e. The molecule has 0 atom stereocenters. The summed E-state index contributed by atoms with van der Waals surface area (Å²) in [6, 6.07) is 16.8. The summed E-state index contributed by atoms with van der Waals surface area (Å²) in [7, 11) is 0. The first kappa shape index (κ1) is 18.9. The highest BCUT2D eigenvalue weighted by Gasteiger charge is 2.17. The van der Waals surface area contributed by atoms with Gasteiger partial charge in [0.15, 0.2) is 10.3 Å². The van der Waals surface area contributed by atoms with Crippen LogP contribution >= 0.6 is 22.7 Å². The molecule has 2 aromatic carbocycles. The van der Waals surface area contributed by atoms with Crippen molar-refractivity contribution in [3.8, 4) is 0 Å². The smallest absolute Gasteiger partial charge is 0.187 e. The van der Waals surface area contributed by atoms with E-state index in [2.05, 4.69) is 84.2 Å². The zero-order chi connectivity index (χ0) is 19.6. The van der Waals surface area contributed by atoms with Crippen LogP contribution in [0.3, 0.4) is 0 Å². The lowest BCUT2D eigenvalue weighted by Crippen LogP contribution is -2.11. The van der Waals surface area contributed by atoms with Crippen molar-refractivity contribution in [2.24, 2.45) is 0 Å². The first-order valence-electron chi connectivity index (χ1n) is 9.39. The Kier molecular flexibility index (Phi) is 5.33. The number of benzene rings is 2. The van der Waals surface area contributed by atoms with Gasteiger partial charge in [-0.3, -0.25) is 0 Å². The molecular formula is C22H24N4S2. The zero-order valence-corrected chi connectivity index (χ0v) is 18.0. The van der Waals surface area contributed by atoms with Crippen molar-refractivity contribution < 1.29 is 0 Å². The number of rotatable bonds is 6. The molecule has 28 heavy (non-hydrogen) atoms. The number of anilines is 3. The summed E-state index contributed by atoms with van der Waals surface area (Å²) in [5.41, 5.74) is 4.63. The highest BCUT2D eigenvalue weighted by atomic mass is 32.1. The lowest BCUT2D eigenvalue weighted by molar-refractivity contribution is 0.573. The van der Waals surface area contributed by atoms with Crippen LogP contribution in [0.2, 0.25) is 0 Å². The molecule has 0 unspecified atom stereocenters. The second-order valence-corrected chi connectivity index (χ2v) is 9.66. The van der Waals surface area contributed by atoms with E-state index >= 15 is 0 Å². The van der Waals surface area contributed by atoms with E-state index in [4.69, 9.17) is 4.98 Å². The summed E-state index contributed by atoms with van der Waals surface area (Å²) in [4.78, 5) is 9.31. The van der Waals surface area contributed by atoms with Gasteiger partial charge in [-0.15, -0.1) is 11.3 Å². The molecular weight excluding hydrogens is 384 g/mol. The molecule has 0 saturated heterocycles. The molecule has 2 heterocycles. The van der Waals surface area contributed by atoms with Gasteiger partial charge < -0.3 is 10.6 Å². The summed E-state index contributed by atoms with van der Waals surface area (Å²) in [6.07, 6.45) is 0.960. The molecule has 0 spiro atoms. The maximum atomic E-state index is 4.69. The number of nitrogens with zero attached hydrogens (tertiary/aromatic N) is 2. The van der Waals surface area contributed by atoms with Crippen molar-refractivity contribution in [1.82, 2.24) is 9.97 Å². The van der Waals surface area contributed by atoms with Gasteiger partial charge in [-0.2, -0.15) is 0 Å². The summed E-state index contributed by atoms with van der Waals surface area (Å²) < 4.78 is 1.22. The van der Waals surface area contributed by atoms with Crippen LogP contribution in [0.5, 0.6) is 0 Å². The summed E-state index contributed by atoms with van der Waals surface area (Å²) in [5, 5.41) is 10.9. The fraction of sp³-hybridized carbons (Fsp3) is 0.273. The number of hydrogen-bond donors (Lipinski definition) is 2. The van der Waals surface area contributed by atoms with Gasteiger partial charge in [0.05, 0.1) is 15.9 Å². The third kappa shape index (κ3) is 4.51. The van der Waals surface area contributed by atoms with Crippen LogP contribution in [0, 0.1) is 0 Å². The average Bonchev–Trinajstić information content (AvgIpc) is 3.29. The Morgan fingerprint density at radius 2 is 1.71 bits per heavy atom. The van der Waals surface area contributed by atoms with Crippen molar-refractivity contribution in [3.63, 3.8) is 0 Å². The Morgan fingerprint density at radius 3 is 2.43 bits per heavy atom. The summed E-state index contributed by atoms with van der Waals surface area (Å²) in [6.45, 7) is 7.42. The van der Waals surface area contributed by atoms with Crippen LogP contribution in [-0.4, -0.2) is 16.5 Å². The Labute approximate surface area is 173 Å². The average molecular weight is 409 g/mol. The van der Waals surface area contributed by atoms with Gasteiger partial charge in [0.25, 0.3) is 0 Å². The lowest BCUT2D eigenvalue weighted by Gasteiger charge is -2.14. The van der Waals surface area contributed by atoms with Gasteiger partial charge in [0.2, 0.25) is 0 Å². The van der Waals surface area contributed by atoms with E-state index in [1.165, 1.54) is 10.3 Å². The minimum absolute atomic E-state index is 0.0799. The summed E-state index contributed by atoms with van der Waals surface area (Å²) >= 11 is 3.35. The maximum Gasteiger partial charge on any atom is 0.187 e. The molecule has 144 valence electrons. The molecule has 0 fully saturated rings. The number of fused-ring (bicyclic) bond motifs is 1. The van der Waals surface area contributed by atoms with Crippen LogP contribution < -0.4 is 10.6 Å². The molecule has 0 aliphatic rings. The van der Waals surface area contributed by atoms with E-state index in [0.717, 1.165) is 40.1 Å². The van der Waals surface area contributed by atoms with E-state index < -0.39 is 0 Å². The van der Waals surface area contributed by atoms with Gasteiger partial charge in [-0.1, -0.05) is 56.4 Å². The third-order valence-electron chi connectivity index (χ3n) is 4.46. The van der Waals surface area contributed by atoms with Crippen molar-refractivity contribution in [1.29, 1.82) is 0 Å². The molecule has 4 aromatic rings. The van der Waals surface area contributed by atoms with Crippen molar-refractivity contribution in [2.75, 3.05) is 17.2 Å². The van der Waals surface area contributed by atoms with E-state index in [1.807, 2.05) is 6.07 Å². The van der Waals surface area contributed by atoms with E-state index in [9.17, 15) is 0 Å². The highest BCUT2D eigenvalue weighted by molar-refractivity contribution is 7.22. The third-order valence-corrected chi connectivity index (χ3v) is 6.21. The second-order valence-electron chi connectivity index (χ2n) is 7.77. The van der Waals surface area contributed by atoms with Crippen molar-refractivity contribution in [2.45, 2.75) is 32.6 Å². The summed E-state index contributed by atoms with van der Waals surface area (Å²) in [5.74, 6) is 0. The van der Waals surface area contributed by atoms with Gasteiger partial charge >= 0.3 is 0 Å². The first-order chi connectivity index (χ1) is 13.5. The minimum atomic E-state index is 0.0799. The molecule has 0 aliphatic carbocycles. The fourth-order valence-corrected chi connectivity index (χ4v) is 4.66. The quantitative estimate of drug-likeness (QED) is 0.385. The van der Waals surface area contributed by atoms with Crippen LogP contribution in [0.4, 0.5) is 16.0 Å². The highest BCUT2D eigenvalue weighted by Crippen LogP contribution is 2.28. The molecule has 2 aromatic heterocycles. The molecule has 0 amide bonds. The first-order valence-corrected chi connectivity index (χ1v) is 11.1. The van der Waals surface area contributed by atoms with Crippen molar-refractivity contribution in [3.05, 3.63) is 65.2 Å². The number of thiazole rings is 2. The van der Waals surface area contributed by atoms with Gasteiger partial charge in [0.1, 0.15) is 0 Å². The number of hydrogen-bond acceptors (Lipinski definition) is 6. The van der Waals surface area contributed by atoms with Crippen LogP contribution in [0.15, 0.2) is 53.9 Å². The zero-order valence-electron chi connectivity index (χ0n) is 16.3. The molecule has 6 heteroatoms. The maximum absolute atomic E-state index is 4.69. The Bertz CT molecular complexity index is 1030. The van der Waals surface area contributed by atoms with E-state index in [-0.39, 0.29) is 5.41 Å². The second kappa shape index (κ2) is 7.89. The molecule has 0 saturated carbocycles. The molecule has 4 rings (SSSR count). The normalized spacial score (nSPS) is 11.7. The molecule has 2 N–H and O–H groups in total. The predicted molar refractivity (Wildman–Crippen MR) is 122 cm³/mol. The molecule has 4 nitrogen and oxygen atoms in total. The van der Waals surface area contributed by atoms with Crippen LogP contribution in [-0.2, 0) is 11.8 Å². The fourth-order valence-electron chi connectivity index (χ4n) is 2.82. The minimum Gasteiger partial charge on any atom is -0.361 e. The van der Waals surface area contributed by atoms with E-state index in [0.29, 0.717) is 0 Å². The molecule has 0 aliphatic heterocycles. The standard InChI is InChI=1S/C22H24N4S2/c1-22(2,3)19-14-27-21(26-19)24-16-10-8-15(9-11-16)12-13-23-20-25-17-6-4-5-7-18(17)28-20/h4-11,14H,12-13H2,1-3H3,(H,23,25)(H,24,26). The Balaban J connectivity index is 1.31. The number of nitrogens with one attached hydrogen (secondary N) is 2. The van der Waals surface area contributed by atoms with Gasteiger partial charge in [-0.05, 0) is 36.2 Å². The van der Waals surface area contributed by atoms with Gasteiger partial charge in [-0.25, -0.2) is 9.97 Å². The van der Waals surface area contributed by atoms with Gasteiger partial charge in [0, 0.05) is 23.0 Å². The molecule has 0 bridgehead atoms. The topological polar surface area (TPSA) is 49.8 Å². The van der Waals surface area contributed by atoms with Crippen LogP contribution in [0.25, 0.3) is 10.2 Å². The van der Waals surface area contributed by atoms with Crippen molar-refractivity contribution >= 4 is 48.8 Å². The van der Waals surface area contributed by atoms with Crippen LogP contribution in [0.1, 0.15) is 32.0 Å². The lowest BCUT2D eigenvalue weighted by atomic mass is 9.93. The van der Waals surface area contributed by atoms with E-state index in [1.54, 1.807) is 22.7 Å². The number of aromatic nitrogens is 2. The Hall–Kier alpha value is -2.44. The number of para-hydroxylation sites is 1. The molecule has 0 radical (unpaired) electrons.